The van der Waals surface area contributed by atoms with Crippen molar-refractivity contribution in [2.45, 2.75) is 6.92 Å². The Balaban J connectivity index is 2.79. The quantitative estimate of drug-likeness (QED) is 0.498. The van der Waals surface area contributed by atoms with Crippen molar-refractivity contribution in [1.29, 1.82) is 5.41 Å². The molecular formula is C9H10N4. The van der Waals surface area contributed by atoms with Crippen LogP contribution in [0.1, 0.15) is 11.3 Å². The highest BCUT2D eigenvalue weighted by molar-refractivity contribution is 5.93. The third-order valence-electron chi connectivity index (χ3n) is 1.93. The maximum absolute atomic E-state index is 7.32. The van der Waals surface area contributed by atoms with E-state index in [4.69, 9.17) is 11.1 Å². The van der Waals surface area contributed by atoms with Gasteiger partial charge in [-0.1, -0.05) is 6.07 Å². The van der Waals surface area contributed by atoms with Crippen molar-refractivity contribution >= 4 is 11.5 Å². The number of fused-ring (bicyclic) bond motifs is 1. The summed E-state index contributed by atoms with van der Waals surface area (Å²) in [5.74, 6) is 0.0399. The molecule has 0 bridgehead atoms. The number of aryl methyl sites for hydroxylation is 1. The lowest BCUT2D eigenvalue weighted by Gasteiger charge is -1.99. The number of aromatic nitrogens is 2. The molecule has 2 rings (SSSR count). The fourth-order valence-corrected chi connectivity index (χ4v) is 1.29. The number of nitrogens with one attached hydrogen (secondary N) is 1. The first-order valence-electron chi connectivity index (χ1n) is 3.96. The van der Waals surface area contributed by atoms with Crippen LogP contribution in [0.4, 0.5) is 0 Å². The minimum atomic E-state index is 0.0399. The van der Waals surface area contributed by atoms with E-state index in [-0.39, 0.29) is 5.84 Å². The first kappa shape index (κ1) is 7.79. The zero-order valence-electron chi connectivity index (χ0n) is 7.28. The Kier molecular flexibility index (Phi) is 1.55. The van der Waals surface area contributed by atoms with Crippen LogP contribution in [0.5, 0.6) is 0 Å². The average molecular weight is 174 g/mol. The summed E-state index contributed by atoms with van der Waals surface area (Å²) in [6, 6.07) is 3.88. The fourth-order valence-electron chi connectivity index (χ4n) is 1.29. The molecule has 4 nitrogen and oxygen atoms in total. The van der Waals surface area contributed by atoms with Gasteiger partial charge in [0, 0.05) is 6.20 Å². The van der Waals surface area contributed by atoms with Gasteiger partial charge >= 0.3 is 0 Å². The molecule has 66 valence electrons. The summed E-state index contributed by atoms with van der Waals surface area (Å²) >= 11 is 0. The number of nitrogen functional groups attached to an aromatic ring is 1. The Morgan fingerprint density at radius 2 is 2.31 bits per heavy atom. The predicted molar refractivity (Wildman–Crippen MR) is 50.9 cm³/mol. The van der Waals surface area contributed by atoms with Crippen LogP contribution in [-0.2, 0) is 0 Å². The number of nitrogens with zero attached hydrogens (tertiary/aromatic N) is 2. The van der Waals surface area contributed by atoms with Crippen molar-refractivity contribution in [1.82, 2.24) is 9.38 Å². The Hall–Kier alpha value is -1.84. The summed E-state index contributed by atoms with van der Waals surface area (Å²) < 4.78 is 1.82. The molecule has 0 aliphatic heterocycles. The molecule has 0 aromatic carbocycles. The number of hydrogen-bond acceptors (Lipinski definition) is 2. The van der Waals surface area contributed by atoms with Gasteiger partial charge in [0.1, 0.15) is 17.2 Å². The molecule has 4 heteroatoms. The van der Waals surface area contributed by atoms with Gasteiger partial charge in [-0.2, -0.15) is 0 Å². The third-order valence-corrected chi connectivity index (χ3v) is 1.93. The molecule has 0 aliphatic rings. The van der Waals surface area contributed by atoms with Crippen molar-refractivity contribution in [3.63, 3.8) is 0 Å². The van der Waals surface area contributed by atoms with Crippen molar-refractivity contribution < 1.29 is 0 Å². The van der Waals surface area contributed by atoms with Gasteiger partial charge in [0.2, 0.25) is 0 Å². The Bertz CT molecular complexity index is 469. The highest BCUT2D eigenvalue weighted by atomic mass is 15.0. The number of nitrogens with two attached hydrogens (primary N) is 1. The topological polar surface area (TPSA) is 67.2 Å². The Labute approximate surface area is 75.5 Å². The normalized spacial score (nSPS) is 10.5. The molecule has 2 aromatic rings. The van der Waals surface area contributed by atoms with E-state index in [1.165, 1.54) is 0 Å². The van der Waals surface area contributed by atoms with Crippen LogP contribution in [-0.4, -0.2) is 15.2 Å². The molecule has 0 saturated heterocycles. The summed E-state index contributed by atoms with van der Waals surface area (Å²) in [6.45, 7) is 1.99. The number of imidazole rings is 1. The van der Waals surface area contributed by atoms with Crippen molar-refractivity contribution in [3.05, 3.63) is 35.8 Å². The first-order valence-corrected chi connectivity index (χ1v) is 3.96. The van der Waals surface area contributed by atoms with Gasteiger partial charge in [0.25, 0.3) is 0 Å². The zero-order chi connectivity index (χ0) is 9.42. The van der Waals surface area contributed by atoms with Crippen LogP contribution in [0, 0.1) is 12.3 Å². The SMILES string of the molecule is Cc1ccc2ncc(C(=N)N)n2c1. The molecule has 13 heavy (non-hydrogen) atoms. The first-order chi connectivity index (χ1) is 6.18. The molecule has 0 saturated carbocycles. The van der Waals surface area contributed by atoms with Crippen molar-refractivity contribution in [2.24, 2.45) is 5.73 Å². The van der Waals surface area contributed by atoms with Crippen LogP contribution in [0.2, 0.25) is 0 Å². The van der Waals surface area contributed by atoms with Crippen molar-refractivity contribution in [2.75, 3.05) is 0 Å². The zero-order valence-corrected chi connectivity index (χ0v) is 7.28. The van der Waals surface area contributed by atoms with Crippen LogP contribution in [0.3, 0.4) is 0 Å². The summed E-state index contributed by atoms with van der Waals surface area (Å²) in [5, 5.41) is 7.32. The molecular weight excluding hydrogens is 164 g/mol. The van der Waals surface area contributed by atoms with E-state index in [2.05, 4.69) is 4.98 Å². The van der Waals surface area contributed by atoms with E-state index in [1.54, 1.807) is 6.20 Å². The molecule has 0 atom stereocenters. The standard InChI is InChI=1S/C9H10N4/c1-6-2-3-8-12-4-7(9(10)11)13(8)5-6/h2-5H,1H3,(H3,10,11). The monoisotopic (exact) mass is 174 g/mol. The highest BCUT2D eigenvalue weighted by Gasteiger charge is 2.04. The molecule has 0 aliphatic carbocycles. The second kappa shape index (κ2) is 2.58. The molecule has 0 amide bonds. The largest absolute Gasteiger partial charge is 0.382 e. The lowest BCUT2D eigenvalue weighted by molar-refractivity contribution is 1.13. The fraction of sp³-hybridized carbons (Fsp3) is 0.111. The number of rotatable bonds is 1. The van der Waals surface area contributed by atoms with E-state index >= 15 is 0 Å². The van der Waals surface area contributed by atoms with E-state index in [1.807, 2.05) is 29.7 Å². The molecule has 2 aromatic heterocycles. The van der Waals surface area contributed by atoms with Crippen LogP contribution in [0.15, 0.2) is 24.5 Å². The average Bonchev–Trinajstić information content (AvgIpc) is 2.46. The van der Waals surface area contributed by atoms with Gasteiger partial charge in [-0.3, -0.25) is 9.81 Å². The predicted octanol–water partition coefficient (Wildman–Crippen LogP) is 0.927. The minimum Gasteiger partial charge on any atom is -0.382 e. The van der Waals surface area contributed by atoms with E-state index in [9.17, 15) is 0 Å². The third kappa shape index (κ3) is 1.16. The maximum atomic E-state index is 7.32. The summed E-state index contributed by atoms with van der Waals surface area (Å²) in [5.41, 5.74) is 7.97. The maximum Gasteiger partial charge on any atom is 0.141 e. The lowest BCUT2D eigenvalue weighted by Crippen LogP contribution is -2.13. The second-order valence-corrected chi connectivity index (χ2v) is 2.99. The van der Waals surface area contributed by atoms with E-state index < -0.39 is 0 Å². The smallest absolute Gasteiger partial charge is 0.141 e. The Morgan fingerprint density at radius 3 is 3.00 bits per heavy atom. The summed E-state index contributed by atoms with van der Waals surface area (Å²) in [7, 11) is 0. The van der Waals surface area contributed by atoms with Crippen LogP contribution in [0.25, 0.3) is 5.65 Å². The molecule has 0 fully saturated rings. The molecule has 2 heterocycles. The van der Waals surface area contributed by atoms with Gasteiger partial charge in [0.15, 0.2) is 0 Å². The van der Waals surface area contributed by atoms with Gasteiger partial charge in [-0.15, -0.1) is 0 Å². The number of pyridine rings is 1. The summed E-state index contributed by atoms with van der Waals surface area (Å²) in [6.07, 6.45) is 3.52. The lowest BCUT2D eigenvalue weighted by atomic mass is 10.3. The number of amidine groups is 1. The molecule has 0 unspecified atom stereocenters. The van der Waals surface area contributed by atoms with E-state index in [0.717, 1.165) is 11.2 Å². The van der Waals surface area contributed by atoms with Crippen LogP contribution >= 0.6 is 0 Å². The Morgan fingerprint density at radius 1 is 1.54 bits per heavy atom. The molecule has 0 radical (unpaired) electrons. The molecule has 3 N–H and O–H groups in total. The molecule has 0 spiro atoms. The second-order valence-electron chi connectivity index (χ2n) is 2.99. The number of hydrogen-bond donors (Lipinski definition) is 2. The summed E-state index contributed by atoms with van der Waals surface area (Å²) in [4.78, 5) is 4.12. The van der Waals surface area contributed by atoms with Crippen LogP contribution < -0.4 is 5.73 Å². The minimum absolute atomic E-state index is 0.0399. The van der Waals surface area contributed by atoms with Gasteiger partial charge < -0.3 is 5.73 Å². The van der Waals surface area contributed by atoms with Gasteiger partial charge in [-0.25, -0.2) is 4.98 Å². The van der Waals surface area contributed by atoms with Gasteiger partial charge in [-0.05, 0) is 18.6 Å². The highest BCUT2D eigenvalue weighted by Crippen LogP contribution is 2.07. The van der Waals surface area contributed by atoms with Gasteiger partial charge in [0.05, 0.1) is 6.20 Å². The van der Waals surface area contributed by atoms with Crippen molar-refractivity contribution in [3.8, 4) is 0 Å². The van der Waals surface area contributed by atoms with E-state index in [0.29, 0.717) is 5.69 Å².